The Morgan fingerprint density at radius 1 is 1.03 bits per heavy atom. The Morgan fingerprint density at radius 3 is 2.53 bits per heavy atom. The van der Waals surface area contributed by atoms with E-state index in [1.54, 1.807) is 7.05 Å². The number of aromatic nitrogens is 2. The Morgan fingerprint density at radius 2 is 1.77 bits per heavy atom. The van der Waals surface area contributed by atoms with Crippen LogP contribution in [0.4, 0.5) is 0 Å². The summed E-state index contributed by atoms with van der Waals surface area (Å²) < 4.78 is 2.23. The van der Waals surface area contributed by atoms with Crippen molar-refractivity contribution in [2.45, 2.75) is 26.4 Å². The Bertz CT molecular complexity index is 970. The number of imidazole rings is 1. The minimum atomic E-state index is -0.0719. The molecule has 1 heterocycles. The molecule has 0 saturated carbocycles. The summed E-state index contributed by atoms with van der Waals surface area (Å²) in [5.74, 6) is 1.56. The third-order valence-corrected chi connectivity index (χ3v) is 4.67. The van der Waals surface area contributed by atoms with Crippen LogP contribution in [0.3, 0.4) is 0 Å². The van der Waals surface area contributed by atoms with E-state index < -0.39 is 0 Å². The average molecular weight is 520 g/mol. The summed E-state index contributed by atoms with van der Waals surface area (Å²) in [6.07, 6.45) is 0.919. The van der Waals surface area contributed by atoms with E-state index in [0.717, 1.165) is 41.9 Å². The number of para-hydroxylation sites is 2. The number of nitrogens with zero attached hydrogens (tertiary/aromatic N) is 3. The highest BCUT2D eigenvalue weighted by molar-refractivity contribution is 14.0. The summed E-state index contributed by atoms with van der Waals surface area (Å²) in [7, 11) is 1.70. The predicted molar refractivity (Wildman–Crippen MR) is 132 cm³/mol. The van der Waals surface area contributed by atoms with Crippen molar-refractivity contribution in [3.05, 3.63) is 66.0 Å². The molecule has 160 valence electrons. The number of aryl methyl sites for hydroxylation is 2. The number of amides is 1. The van der Waals surface area contributed by atoms with Crippen molar-refractivity contribution in [1.29, 1.82) is 0 Å². The Balaban J connectivity index is 0.00000320. The van der Waals surface area contributed by atoms with E-state index in [2.05, 4.69) is 36.6 Å². The van der Waals surface area contributed by atoms with Crippen molar-refractivity contribution in [1.82, 2.24) is 25.5 Å². The van der Waals surface area contributed by atoms with Crippen molar-refractivity contribution in [2.24, 2.45) is 4.99 Å². The number of carbonyl (C=O) groups excluding carboxylic acids is 1. The zero-order chi connectivity index (χ0) is 20.5. The smallest absolute Gasteiger partial charge is 0.239 e. The molecule has 0 bridgehead atoms. The lowest BCUT2D eigenvalue weighted by molar-refractivity contribution is -0.120. The van der Waals surface area contributed by atoms with Crippen LogP contribution in [0.5, 0.6) is 0 Å². The fourth-order valence-electron chi connectivity index (χ4n) is 3.17. The van der Waals surface area contributed by atoms with E-state index >= 15 is 0 Å². The van der Waals surface area contributed by atoms with Crippen LogP contribution in [0.1, 0.15) is 17.8 Å². The fourth-order valence-corrected chi connectivity index (χ4v) is 3.17. The highest BCUT2D eigenvalue weighted by Gasteiger charge is 2.07. The first-order chi connectivity index (χ1) is 14.2. The van der Waals surface area contributed by atoms with Crippen molar-refractivity contribution in [3.63, 3.8) is 0 Å². The molecule has 0 fully saturated rings. The summed E-state index contributed by atoms with van der Waals surface area (Å²) in [5, 5.41) is 9.19. The third-order valence-electron chi connectivity index (χ3n) is 4.67. The normalized spacial score (nSPS) is 11.1. The zero-order valence-electron chi connectivity index (χ0n) is 17.4. The van der Waals surface area contributed by atoms with E-state index in [1.807, 2.05) is 55.5 Å². The molecule has 0 aliphatic heterocycles. The van der Waals surface area contributed by atoms with Crippen LogP contribution in [0.25, 0.3) is 11.0 Å². The second-order valence-electron chi connectivity index (χ2n) is 6.77. The highest BCUT2D eigenvalue weighted by atomic mass is 127. The van der Waals surface area contributed by atoms with Gasteiger partial charge < -0.3 is 20.5 Å². The van der Waals surface area contributed by atoms with Gasteiger partial charge in [0.25, 0.3) is 0 Å². The molecule has 3 N–H and O–H groups in total. The molecule has 0 aliphatic carbocycles. The maximum Gasteiger partial charge on any atom is 0.239 e. The lowest BCUT2D eigenvalue weighted by Crippen LogP contribution is -2.43. The van der Waals surface area contributed by atoms with Crippen LogP contribution >= 0.6 is 24.0 Å². The Hall–Kier alpha value is -2.62. The summed E-state index contributed by atoms with van der Waals surface area (Å²) in [6.45, 7) is 4.34. The van der Waals surface area contributed by atoms with Crippen molar-refractivity contribution < 1.29 is 4.79 Å². The molecule has 0 unspecified atom stereocenters. The molecule has 0 aliphatic rings. The van der Waals surface area contributed by atoms with Crippen molar-refractivity contribution in [2.75, 3.05) is 20.1 Å². The van der Waals surface area contributed by atoms with Gasteiger partial charge in [-0.05, 0) is 31.0 Å². The molecule has 0 saturated heterocycles. The monoisotopic (exact) mass is 520 g/mol. The van der Waals surface area contributed by atoms with Crippen molar-refractivity contribution in [3.8, 4) is 0 Å². The topological polar surface area (TPSA) is 83.3 Å². The van der Waals surface area contributed by atoms with Gasteiger partial charge in [-0.15, -0.1) is 24.0 Å². The molecule has 1 aromatic heterocycles. The van der Waals surface area contributed by atoms with E-state index in [4.69, 9.17) is 0 Å². The van der Waals surface area contributed by atoms with E-state index in [9.17, 15) is 4.79 Å². The van der Waals surface area contributed by atoms with Crippen LogP contribution in [0.15, 0.2) is 59.6 Å². The van der Waals surface area contributed by atoms with Gasteiger partial charge in [-0.1, -0.05) is 42.5 Å². The molecule has 0 atom stereocenters. The number of hydrogen-bond acceptors (Lipinski definition) is 3. The van der Waals surface area contributed by atoms with E-state index in [-0.39, 0.29) is 36.4 Å². The van der Waals surface area contributed by atoms with Gasteiger partial charge in [0.15, 0.2) is 5.96 Å². The maximum absolute atomic E-state index is 12.0. The predicted octanol–water partition coefficient (Wildman–Crippen LogP) is 2.83. The van der Waals surface area contributed by atoms with Gasteiger partial charge in [0.2, 0.25) is 5.91 Å². The highest BCUT2D eigenvalue weighted by Crippen LogP contribution is 2.15. The van der Waals surface area contributed by atoms with Crippen LogP contribution in [0, 0.1) is 6.92 Å². The van der Waals surface area contributed by atoms with Crippen LogP contribution in [0.2, 0.25) is 0 Å². The first-order valence-corrected chi connectivity index (χ1v) is 9.84. The number of guanidine groups is 1. The zero-order valence-corrected chi connectivity index (χ0v) is 19.7. The molecule has 3 rings (SSSR count). The fraction of sp³-hybridized carbons (Fsp3) is 0.318. The number of benzene rings is 2. The summed E-state index contributed by atoms with van der Waals surface area (Å²) in [6, 6.07) is 18.0. The Kier molecular flexibility index (Phi) is 9.59. The van der Waals surface area contributed by atoms with Gasteiger partial charge in [-0.2, -0.15) is 0 Å². The third kappa shape index (κ3) is 6.72. The first kappa shape index (κ1) is 23.7. The molecule has 7 nitrogen and oxygen atoms in total. The molecular formula is C22H29IN6O. The van der Waals surface area contributed by atoms with Gasteiger partial charge in [0.1, 0.15) is 5.82 Å². The summed E-state index contributed by atoms with van der Waals surface area (Å²) >= 11 is 0. The minimum Gasteiger partial charge on any atom is -0.356 e. The lowest BCUT2D eigenvalue weighted by Gasteiger charge is -2.13. The molecule has 0 spiro atoms. The SMILES string of the molecule is CN=C(NCCCn1c(C)nc2ccccc21)NCC(=O)NCc1ccccc1.I. The molecule has 2 aromatic carbocycles. The van der Waals surface area contributed by atoms with E-state index in [1.165, 1.54) is 0 Å². The van der Waals surface area contributed by atoms with Crippen LogP contribution < -0.4 is 16.0 Å². The second kappa shape index (κ2) is 12.2. The number of halogens is 1. The molecule has 8 heteroatoms. The number of carbonyl (C=O) groups is 1. The van der Waals surface area contributed by atoms with Crippen LogP contribution in [-0.4, -0.2) is 41.6 Å². The molecule has 1 amide bonds. The van der Waals surface area contributed by atoms with Crippen LogP contribution in [-0.2, 0) is 17.9 Å². The number of nitrogens with one attached hydrogen (secondary N) is 3. The molecule has 30 heavy (non-hydrogen) atoms. The van der Waals surface area contributed by atoms with Gasteiger partial charge in [-0.3, -0.25) is 9.79 Å². The summed E-state index contributed by atoms with van der Waals surface area (Å²) in [5.41, 5.74) is 3.25. The molecule has 3 aromatic rings. The number of rotatable bonds is 8. The number of hydrogen-bond donors (Lipinski definition) is 3. The van der Waals surface area contributed by atoms with E-state index in [0.29, 0.717) is 12.5 Å². The lowest BCUT2D eigenvalue weighted by atomic mass is 10.2. The summed E-state index contributed by atoms with van der Waals surface area (Å²) in [4.78, 5) is 20.8. The van der Waals surface area contributed by atoms with Gasteiger partial charge in [-0.25, -0.2) is 4.98 Å². The van der Waals surface area contributed by atoms with Gasteiger partial charge >= 0.3 is 0 Å². The standard InChI is InChI=1S/C22H28N6O.HI/c1-17-27-19-11-6-7-12-20(19)28(17)14-8-13-24-22(23-2)26-16-21(29)25-15-18-9-4-3-5-10-18;/h3-7,9-12H,8,13-16H2,1-2H3,(H,25,29)(H2,23,24,26);1H. The number of fused-ring (bicyclic) bond motifs is 1. The largest absolute Gasteiger partial charge is 0.356 e. The molecule has 0 radical (unpaired) electrons. The maximum atomic E-state index is 12.0. The average Bonchev–Trinajstić information content (AvgIpc) is 3.07. The minimum absolute atomic E-state index is 0. The molecular weight excluding hydrogens is 491 g/mol. The van der Waals surface area contributed by atoms with Crippen molar-refractivity contribution >= 4 is 46.9 Å². The van der Waals surface area contributed by atoms with Gasteiger partial charge in [0, 0.05) is 26.7 Å². The first-order valence-electron chi connectivity index (χ1n) is 9.84. The second-order valence-corrected chi connectivity index (χ2v) is 6.77. The quantitative estimate of drug-likeness (QED) is 0.185. The Labute approximate surface area is 194 Å². The van der Waals surface area contributed by atoms with Gasteiger partial charge in [0.05, 0.1) is 17.6 Å². The number of aliphatic imine (C=N–C) groups is 1.